The van der Waals surface area contributed by atoms with E-state index in [0.717, 1.165) is 37.2 Å². The fourth-order valence-corrected chi connectivity index (χ4v) is 6.97. The molecule has 0 aromatic heterocycles. The molecule has 2 atom stereocenters. The van der Waals surface area contributed by atoms with Crippen LogP contribution in [0.4, 0.5) is 4.39 Å². The van der Waals surface area contributed by atoms with Gasteiger partial charge in [0, 0.05) is 17.2 Å². The quantitative estimate of drug-likeness (QED) is 0.704. The number of carboxylic acids is 1. The number of piperidine rings is 1. The number of fused-ring (bicyclic) bond motifs is 7. The van der Waals surface area contributed by atoms with Crippen molar-refractivity contribution in [3.8, 4) is 0 Å². The van der Waals surface area contributed by atoms with Crippen LogP contribution in [0.2, 0.25) is 0 Å². The van der Waals surface area contributed by atoms with E-state index in [9.17, 15) is 14.3 Å². The van der Waals surface area contributed by atoms with E-state index in [1.807, 2.05) is 31.7 Å². The molecule has 158 valence electrons. The average Bonchev–Trinajstić information content (AvgIpc) is 3.33. The number of hydrogen-bond donors (Lipinski definition) is 1. The van der Waals surface area contributed by atoms with Gasteiger partial charge in [-0.1, -0.05) is 24.3 Å². The Morgan fingerprint density at radius 1 is 1.17 bits per heavy atom. The number of carboxylic acid groups (broad SMARTS) is 1. The minimum absolute atomic E-state index is 0.153. The molecule has 0 bridgehead atoms. The van der Waals surface area contributed by atoms with Crippen LogP contribution in [-0.2, 0) is 10.5 Å². The first-order chi connectivity index (χ1) is 14.3. The molecule has 2 aliphatic heterocycles. The van der Waals surface area contributed by atoms with E-state index in [-0.39, 0.29) is 11.2 Å². The van der Waals surface area contributed by atoms with E-state index in [1.54, 1.807) is 12.1 Å². The molecule has 1 aliphatic carbocycles. The third-order valence-corrected chi connectivity index (χ3v) is 8.66. The van der Waals surface area contributed by atoms with E-state index in [1.165, 1.54) is 16.0 Å². The van der Waals surface area contributed by atoms with Crippen molar-refractivity contribution in [3.05, 3.63) is 65.0 Å². The molecule has 5 rings (SSSR count). The Labute approximate surface area is 181 Å². The number of nitrogens with zero attached hydrogens (tertiary/aromatic N) is 1. The average molecular weight is 426 g/mol. The first-order valence-corrected chi connectivity index (χ1v) is 11.8. The Hall–Kier alpha value is -1.85. The predicted octanol–water partition coefficient (Wildman–Crippen LogP) is 5.51. The second kappa shape index (κ2) is 7.10. The summed E-state index contributed by atoms with van der Waals surface area (Å²) in [6.07, 6.45) is 2.13. The first-order valence-electron chi connectivity index (χ1n) is 10.8. The van der Waals surface area contributed by atoms with Crippen LogP contribution in [0.5, 0.6) is 0 Å². The van der Waals surface area contributed by atoms with Crippen LogP contribution in [0.1, 0.15) is 55.2 Å². The molecular formula is C25H28FNO2S. The molecule has 3 nitrogen and oxygen atoms in total. The number of hydrogen-bond acceptors (Lipinski definition) is 3. The Morgan fingerprint density at radius 2 is 1.87 bits per heavy atom. The molecule has 1 saturated heterocycles. The van der Waals surface area contributed by atoms with Gasteiger partial charge in [-0.3, -0.25) is 4.79 Å². The standard InChI is InChI=1S/C25H28FNO2S/c1-24(2,23(28)29)15-27-11-9-25(10-12-27)21-18-8-7-17(26)13-16(18)14-30-20-6-4-3-5-19(20)22(21)25/h3-8,13,21-22H,9-12,14-15H2,1-2H3,(H,28,29). The normalized spacial score (nSPS) is 24.9. The Balaban J connectivity index is 1.46. The van der Waals surface area contributed by atoms with E-state index < -0.39 is 11.4 Å². The summed E-state index contributed by atoms with van der Waals surface area (Å²) in [4.78, 5) is 15.2. The van der Waals surface area contributed by atoms with Crippen molar-refractivity contribution in [1.82, 2.24) is 4.90 Å². The van der Waals surface area contributed by atoms with E-state index in [4.69, 9.17) is 0 Å². The lowest BCUT2D eigenvalue weighted by Gasteiger charge is -2.37. The first kappa shape index (κ1) is 20.1. The van der Waals surface area contributed by atoms with Crippen molar-refractivity contribution >= 4 is 17.7 Å². The summed E-state index contributed by atoms with van der Waals surface area (Å²) < 4.78 is 14.0. The highest BCUT2D eigenvalue weighted by molar-refractivity contribution is 7.98. The highest BCUT2D eigenvalue weighted by Crippen LogP contribution is 2.76. The van der Waals surface area contributed by atoms with Gasteiger partial charge in [-0.15, -0.1) is 11.8 Å². The highest BCUT2D eigenvalue weighted by atomic mass is 32.2. The van der Waals surface area contributed by atoms with Crippen molar-refractivity contribution in [3.63, 3.8) is 0 Å². The summed E-state index contributed by atoms with van der Waals surface area (Å²) in [6.45, 7) is 6.06. The summed E-state index contributed by atoms with van der Waals surface area (Å²) >= 11 is 1.82. The zero-order valence-electron chi connectivity index (χ0n) is 17.5. The van der Waals surface area contributed by atoms with E-state index in [0.29, 0.717) is 18.4 Å². The molecule has 1 spiro atoms. The number of benzene rings is 2. The number of carbonyl (C=O) groups is 1. The van der Waals surface area contributed by atoms with Crippen LogP contribution in [0, 0.1) is 16.6 Å². The van der Waals surface area contributed by atoms with Gasteiger partial charge in [-0.05, 0) is 91.9 Å². The lowest BCUT2D eigenvalue weighted by molar-refractivity contribution is -0.148. The third kappa shape index (κ3) is 3.18. The number of likely N-dealkylation sites (tertiary alicyclic amines) is 1. The molecule has 0 amide bonds. The van der Waals surface area contributed by atoms with Gasteiger partial charge < -0.3 is 10.0 Å². The van der Waals surface area contributed by atoms with Gasteiger partial charge in [0.15, 0.2) is 0 Å². The summed E-state index contributed by atoms with van der Waals surface area (Å²) in [5.74, 6) is 0.825. The van der Waals surface area contributed by atoms with E-state index >= 15 is 0 Å². The molecule has 3 aliphatic rings. The maximum atomic E-state index is 14.0. The SMILES string of the molecule is CC(C)(CN1CCC2(CC1)C1c3ccc(F)cc3CSc3ccccc3C12)C(=O)O. The van der Waals surface area contributed by atoms with Crippen molar-refractivity contribution < 1.29 is 14.3 Å². The maximum absolute atomic E-state index is 14.0. The smallest absolute Gasteiger partial charge is 0.310 e. The molecular weight excluding hydrogens is 397 g/mol. The monoisotopic (exact) mass is 425 g/mol. The van der Waals surface area contributed by atoms with Crippen LogP contribution in [0.15, 0.2) is 47.4 Å². The molecule has 2 aromatic carbocycles. The van der Waals surface area contributed by atoms with E-state index in [2.05, 4.69) is 29.2 Å². The molecule has 5 heteroatoms. The van der Waals surface area contributed by atoms with Gasteiger partial charge in [0.05, 0.1) is 5.41 Å². The van der Waals surface area contributed by atoms with Gasteiger partial charge >= 0.3 is 5.97 Å². The second-order valence-electron chi connectivity index (χ2n) is 9.82. The molecule has 1 N–H and O–H groups in total. The van der Waals surface area contributed by atoms with Gasteiger partial charge in [-0.25, -0.2) is 4.39 Å². The van der Waals surface area contributed by atoms with Crippen LogP contribution in [0.3, 0.4) is 0 Å². The Kier molecular flexibility index (Phi) is 4.75. The second-order valence-corrected chi connectivity index (χ2v) is 10.8. The minimum Gasteiger partial charge on any atom is -0.481 e. The van der Waals surface area contributed by atoms with Crippen molar-refractivity contribution in [2.75, 3.05) is 19.6 Å². The highest BCUT2D eigenvalue weighted by Gasteiger charge is 2.66. The topological polar surface area (TPSA) is 40.5 Å². The van der Waals surface area contributed by atoms with Crippen LogP contribution >= 0.6 is 11.8 Å². The number of aliphatic carboxylic acids is 1. The number of thioether (sulfide) groups is 1. The molecule has 2 unspecified atom stereocenters. The van der Waals surface area contributed by atoms with Gasteiger partial charge in [-0.2, -0.15) is 0 Å². The fourth-order valence-electron chi connectivity index (χ4n) is 5.87. The zero-order valence-corrected chi connectivity index (χ0v) is 18.3. The predicted molar refractivity (Wildman–Crippen MR) is 117 cm³/mol. The van der Waals surface area contributed by atoms with Crippen LogP contribution in [0.25, 0.3) is 0 Å². The maximum Gasteiger partial charge on any atom is 0.310 e. The minimum atomic E-state index is -0.738. The molecule has 2 aromatic rings. The van der Waals surface area contributed by atoms with Crippen LogP contribution in [-0.4, -0.2) is 35.6 Å². The summed E-state index contributed by atoms with van der Waals surface area (Å²) in [5.41, 5.74) is 3.38. The van der Waals surface area contributed by atoms with Crippen LogP contribution < -0.4 is 0 Å². The molecule has 30 heavy (non-hydrogen) atoms. The van der Waals surface area contributed by atoms with Crippen molar-refractivity contribution in [2.24, 2.45) is 10.8 Å². The van der Waals surface area contributed by atoms with Crippen molar-refractivity contribution in [2.45, 2.75) is 49.2 Å². The molecule has 2 heterocycles. The molecule has 2 fully saturated rings. The lowest BCUT2D eigenvalue weighted by atomic mass is 9.84. The summed E-state index contributed by atoms with van der Waals surface area (Å²) in [6, 6.07) is 14.1. The Bertz CT molecular complexity index is 996. The van der Waals surface area contributed by atoms with Gasteiger partial charge in [0.25, 0.3) is 0 Å². The summed E-state index contributed by atoms with van der Waals surface area (Å²) in [5, 5.41) is 9.50. The number of rotatable bonds is 3. The van der Waals surface area contributed by atoms with Crippen molar-refractivity contribution in [1.29, 1.82) is 0 Å². The van der Waals surface area contributed by atoms with Gasteiger partial charge in [0.2, 0.25) is 0 Å². The third-order valence-electron chi connectivity index (χ3n) is 7.53. The lowest BCUT2D eigenvalue weighted by Crippen LogP contribution is -2.43. The Morgan fingerprint density at radius 3 is 2.60 bits per heavy atom. The summed E-state index contributed by atoms with van der Waals surface area (Å²) in [7, 11) is 0. The molecule has 0 radical (unpaired) electrons. The number of halogens is 1. The zero-order chi connectivity index (χ0) is 21.1. The van der Waals surface area contributed by atoms with Gasteiger partial charge in [0.1, 0.15) is 5.82 Å². The largest absolute Gasteiger partial charge is 0.481 e. The fraction of sp³-hybridized carbons (Fsp3) is 0.480. The molecule has 1 saturated carbocycles.